The molecule has 74 valence electrons. The lowest BCUT2D eigenvalue weighted by atomic mass is 10.1. The zero-order valence-electron chi connectivity index (χ0n) is 7.51. The number of ketones is 2. The lowest BCUT2D eigenvalue weighted by Gasteiger charge is -2.00. The second-order valence-corrected chi connectivity index (χ2v) is 3.65. The first-order valence-corrected chi connectivity index (χ1v) is 4.88. The quantitative estimate of drug-likeness (QED) is 0.617. The fourth-order valence-corrected chi connectivity index (χ4v) is 1.34. The smallest absolute Gasteiger partial charge is 0.231 e. The largest absolute Gasteiger partial charge is 0.290 e. The van der Waals surface area contributed by atoms with Crippen LogP contribution in [0.1, 0.15) is 23.7 Å². The summed E-state index contributed by atoms with van der Waals surface area (Å²) in [5.41, 5.74) is -0.175. The number of halogens is 2. The first-order valence-electron chi connectivity index (χ1n) is 4.08. The van der Waals surface area contributed by atoms with Crippen molar-refractivity contribution < 1.29 is 14.0 Å². The summed E-state index contributed by atoms with van der Waals surface area (Å²) in [6.45, 7) is 1.57. The van der Waals surface area contributed by atoms with Crippen LogP contribution in [-0.2, 0) is 4.79 Å². The van der Waals surface area contributed by atoms with Crippen LogP contribution in [0.5, 0.6) is 0 Å². The van der Waals surface area contributed by atoms with Crippen LogP contribution in [0.2, 0.25) is 0 Å². The van der Waals surface area contributed by atoms with Crippen LogP contribution in [0.3, 0.4) is 0 Å². The fourth-order valence-electron chi connectivity index (χ4n) is 0.982. The van der Waals surface area contributed by atoms with E-state index < -0.39 is 17.4 Å². The van der Waals surface area contributed by atoms with E-state index in [9.17, 15) is 14.0 Å². The first-order chi connectivity index (χ1) is 6.56. The van der Waals surface area contributed by atoms with Gasteiger partial charge in [-0.05, 0) is 18.2 Å². The van der Waals surface area contributed by atoms with Gasteiger partial charge in [-0.2, -0.15) is 0 Å². The van der Waals surface area contributed by atoms with Crippen LogP contribution in [0.25, 0.3) is 0 Å². The molecule has 0 amide bonds. The highest BCUT2D eigenvalue weighted by atomic mass is 79.9. The van der Waals surface area contributed by atoms with Crippen molar-refractivity contribution >= 4 is 27.5 Å². The van der Waals surface area contributed by atoms with Crippen LogP contribution in [0.15, 0.2) is 22.7 Å². The number of benzene rings is 1. The molecule has 0 heterocycles. The second kappa shape index (κ2) is 4.46. The predicted molar refractivity (Wildman–Crippen MR) is 53.7 cm³/mol. The minimum Gasteiger partial charge on any atom is -0.290 e. The number of carbonyl (C=O) groups is 2. The summed E-state index contributed by atoms with van der Waals surface area (Å²) >= 11 is 3.11. The Kier molecular flexibility index (Phi) is 3.52. The van der Waals surface area contributed by atoms with Gasteiger partial charge >= 0.3 is 0 Å². The zero-order chi connectivity index (χ0) is 10.7. The molecule has 0 unspecified atom stereocenters. The van der Waals surface area contributed by atoms with Crippen LogP contribution >= 0.6 is 15.9 Å². The average molecular weight is 259 g/mol. The molecule has 0 aliphatic heterocycles. The van der Waals surface area contributed by atoms with Crippen LogP contribution in [0.4, 0.5) is 4.39 Å². The second-order valence-electron chi connectivity index (χ2n) is 2.73. The summed E-state index contributed by atoms with van der Waals surface area (Å²) < 4.78 is 13.7. The van der Waals surface area contributed by atoms with E-state index in [1.54, 1.807) is 6.92 Å². The molecule has 0 fully saturated rings. The third-order valence-electron chi connectivity index (χ3n) is 1.75. The van der Waals surface area contributed by atoms with Gasteiger partial charge in [-0.15, -0.1) is 0 Å². The van der Waals surface area contributed by atoms with Crippen molar-refractivity contribution in [3.05, 3.63) is 34.1 Å². The molecule has 14 heavy (non-hydrogen) atoms. The fraction of sp³-hybridized carbons (Fsp3) is 0.200. The normalized spacial score (nSPS) is 9.93. The number of Topliss-reactive ketones (excluding diaryl/α,β-unsaturated/α-hetero) is 2. The molecule has 0 aliphatic rings. The molecular weight excluding hydrogens is 251 g/mol. The SMILES string of the molecule is CCC(=O)C(=O)c1cc(Br)ccc1F. The molecule has 0 aliphatic carbocycles. The van der Waals surface area contributed by atoms with Crippen molar-refractivity contribution in [2.75, 3.05) is 0 Å². The van der Waals surface area contributed by atoms with Crippen molar-refractivity contribution in [2.24, 2.45) is 0 Å². The van der Waals surface area contributed by atoms with Gasteiger partial charge in [0.25, 0.3) is 0 Å². The summed E-state index contributed by atoms with van der Waals surface area (Å²) in [5.74, 6) is -2.02. The molecule has 0 atom stereocenters. The Labute approximate surface area is 89.2 Å². The zero-order valence-corrected chi connectivity index (χ0v) is 9.10. The van der Waals surface area contributed by atoms with Gasteiger partial charge < -0.3 is 0 Å². The Morgan fingerprint density at radius 3 is 2.64 bits per heavy atom. The topological polar surface area (TPSA) is 34.1 Å². The van der Waals surface area contributed by atoms with Crippen molar-refractivity contribution in [3.63, 3.8) is 0 Å². The van der Waals surface area contributed by atoms with Gasteiger partial charge in [0.2, 0.25) is 11.6 Å². The Morgan fingerprint density at radius 1 is 1.43 bits per heavy atom. The molecule has 1 aromatic carbocycles. The molecule has 0 radical (unpaired) electrons. The number of hydrogen-bond acceptors (Lipinski definition) is 2. The molecule has 0 spiro atoms. The number of hydrogen-bond donors (Lipinski definition) is 0. The van der Waals surface area contributed by atoms with Gasteiger partial charge in [0.1, 0.15) is 5.82 Å². The van der Waals surface area contributed by atoms with E-state index in [4.69, 9.17) is 0 Å². The Bertz CT molecular complexity index is 388. The van der Waals surface area contributed by atoms with Gasteiger partial charge in [0.15, 0.2) is 0 Å². The minimum absolute atomic E-state index is 0.0881. The highest BCUT2D eigenvalue weighted by Crippen LogP contribution is 2.16. The third-order valence-corrected chi connectivity index (χ3v) is 2.24. The summed E-state index contributed by atoms with van der Waals surface area (Å²) in [4.78, 5) is 22.4. The molecule has 0 saturated heterocycles. The van der Waals surface area contributed by atoms with Gasteiger partial charge in [-0.3, -0.25) is 9.59 Å². The summed E-state index contributed by atoms with van der Waals surface area (Å²) in [7, 11) is 0. The monoisotopic (exact) mass is 258 g/mol. The van der Waals surface area contributed by atoms with Crippen molar-refractivity contribution in [1.29, 1.82) is 0 Å². The lowest BCUT2D eigenvalue weighted by molar-refractivity contribution is -0.114. The van der Waals surface area contributed by atoms with E-state index in [1.807, 2.05) is 0 Å². The molecule has 0 bridgehead atoms. The third kappa shape index (κ3) is 2.26. The Morgan fingerprint density at radius 2 is 2.07 bits per heavy atom. The molecule has 0 aromatic heterocycles. The highest BCUT2D eigenvalue weighted by molar-refractivity contribution is 9.10. The van der Waals surface area contributed by atoms with Gasteiger partial charge in [-0.25, -0.2) is 4.39 Å². The van der Waals surface area contributed by atoms with E-state index >= 15 is 0 Å². The van der Waals surface area contributed by atoms with Crippen molar-refractivity contribution in [1.82, 2.24) is 0 Å². The Hall–Kier alpha value is -1.03. The molecule has 1 aromatic rings. The van der Waals surface area contributed by atoms with Crippen LogP contribution in [0, 0.1) is 5.82 Å². The van der Waals surface area contributed by atoms with E-state index in [0.29, 0.717) is 4.47 Å². The van der Waals surface area contributed by atoms with Crippen LogP contribution in [-0.4, -0.2) is 11.6 Å². The summed E-state index contributed by atoms with van der Waals surface area (Å²) in [6.07, 6.45) is 0.0881. The van der Waals surface area contributed by atoms with Gasteiger partial charge in [0, 0.05) is 10.9 Å². The molecule has 0 saturated carbocycles. The first kappa shape index (κ1) is 11.0. The molecule has 2 nitrogen and oxygen atoms in total. The maximum Gasteiger partial charge on any atom is 0.231 e. The maximum atomic E-state index is 13.1. The van der Waals surface area contributed by atoms with Gasteiger partial charge in [0.05, 0.1) is 5.56 Å². The standard InChI is InChI=1S/C10H8BrFO2/c1-2-9(13)10(14)7-5-6(11)3-4-8(7)12/h3-5H,2H2,1H3. The highest BCUT2D eigenvalue weighted by Gasteiger charge is 2.18. The average Bonchev–Trinajstić information content (AvgIpc) is 2.19. The lowest BCUT2D eigenvalue weighted by Crippen LogP contribution is -2.14. The van der Waals surface area contributed by atoms with Crippen LogP contribution < -0.4 is 0 Å². The van der Waals surface area contributed by atoms with Crippen molar-refractivity contribution in [3.8, 4) is 0 Å². The number of rotatable bonds is 3. The van der Waals surface area contributed by atoms with E-state index in [-0.39, 0.29) is 12.0 Å². The van der Waals surface area contributed by atoms with E-state index in [0.717, 1.165) is 6.07 Å². The van der Waals surface area contributed by atoms with E-state index in [2.05, 4.69) is 15.9 Å². The van der Waals surface area contributed by atoms with Gasteiger partial charge in [-0.1, -0.05) is 22.9 Å². The summed E-state index contributed by atoms with van der Waals surface area (Å²) in [5, 5.41) is 0. The molecule has 0 N–H and O–H groups in total. The summed E-state index contributed by atoms with van der Waals surface area (Å²) in [6, 6.07) is 3.94. The molecule has 1 rings (SSSR count). The molecule has 4 heteroatoms. The molecular formula is C10H8BrFO2. The number of carbonyl (C=O) groups excluding carboxylic acids is 2. The van der Waals surface area contributed by atoms with E-state index in [1.165, 1.54) is 12.1 Å². The maximum absolute atomic E-state index is 13.1. The predicted octanol–water partition coefficient (Wildman–Crippen LogP) is 2.75. The minimum atomic E-state index is -0.772. The van der Waals surface area contributed by atoms with Crippen molar-refractivity contribution in [2.45, 2.75) is 13.3 Å². The Balaban J connectivity index is 3.12.